The number of nitrogens with zero attached hydrogens (tertiary/aromatic N) is 3. The van der Waals surface area contributed by atoms with E-state index in [-0.39, 0.29) is 6.61 Å². The molecule has 1 aromatic carbocycles. The summed E-state index contributed by atoms with van der Waals surface area (Å²) < 4.78 is 1.92. The number of aliphatic hydroxyl groups excluding tert-OH is 1. The SMILES string of the molecule is Cn1c(Cl)cnc1CN(CCCO)C1CCc2ccccc21. The Bertz CT molecular complexity index is 641. The third-order valence-corrected chi connectivity index (χ3v) is 4.87. The van der Waals surface area contributed by atoms with Crippen molar-refractivity contribution in [3.05, 3.63) is 52.6 Å². The van der Waals surface area contributed by atoms with Gasteiger partial charge >= 0.3 is 0 Å². The predicted octanol–water partition coefficient (Wildman–Crippen LogP) is 2.95. The van der Waals surface area contributed by atoms with Gasteiger partial charge in [0.05, 0.1) is 12.7 Å². The van der Waals surface area contributed by atoms with E-state index in [2.05, 4.69) is 34.1 Å². The molecule has 0 bridgehead atoms. The molecular weight excluding hydrogens is 298 g/mol. The average Bonchev–Trinajstić information content (AvgIpc) is 3.09. The summed E-state index contributed by atoms with van der Waals surface area (Å²) in [5, 5.41) is 9.87. The molecule has 0 amide bonds. The van der Waals surface area contributed by atoms with Crippen molar-refractivity contribution in [2.45, 2.75) is 31.8 Å². The quantitative estimate of drug-likeness (QED) is 0.890. The zero-order valence-corrected chi connectivity index (χ0v) is 13.6. The Morgan fingerprint density at radius 1 is 1.41 bits per heavy atom. The smallest absolute Gasteiger partial charge is 0.128 e. The summed E-state index contributed by atoms with van der Waals surface area (Å²) >= 11 is 6.10. The van der Waals surface area contributed by atoms with Gasteiger partial charge in [0.2, 0.25) is 0 Å². The first-order valence-electron chi connectivity index (χ1n) is 7.79. The monoisotopic (exact) mass is 319 g/mol. The summed E-state index contributed by atoms with van der Waals surface area (Å²) in [5.41, 5.74) is 2.86. The normalized spacial score (nSPS) is 17.2. The molecule has 22 heavy (non-hydrogen) atoms. The largest absolute Gasteiger partial charge is 0.396 e. The van der Waals surface area contributed by atoms with Crippen LogP contribution in [0.1, 0.15) is 35.8 Å². The number of hydrogen-bond acceptors (Lipinski definition) is 3. The van der Waals surface area contributed by atoms with Crippen LogP contribution in [0, 0.1) is 0 Å². The lowest BCUT2D eigenvalue weighted by atomic mass is 10.1. The number of rotatable bonds is 6. The fourth-order valence-electron chi connectivity index (χ4n) is 3.29. The van der Waals surface area contributed by atoms with E-state index in [0.29, 0.717) is 11.2 Å². The van der Waals surface area contributed by atoms with Gasteiger partial charge in [-0.25, -0.2) is 4.98 Å². The summed E-state index contributed by atoms with van der Waals surface area (Å²) in [4.78, 5) is 6.83. The molecule has 1 aliphatic rings. The summed E-state index contributed by atoms with van der Waals surface area (Å²) in [7, 11) is 1.94. The fraction of sp³-hybridized carbons (Fsp3) is 0.471. The van der Waals surface area contributed by atoms with E-state index in [1.54, 1.807) is 6.20 Å². The van der Waals surface area contributed by atoms with Crippen molar-refractivity contribution in [1.29, 1.82) is 0 Å². The first-order valence-corrected chi connectivity index (χ1v) is 8.17. The lowest BCUT2D eigenvalue weighted by Crippen LogP contribution is -2.30. The lowest BCUT2D eigenvalue weighted by molar-refractivity contribution is 0.161. The van der Waals surface area contributed by atoms with Crippen molar-refractivity contribution in [3.63, 3.8) is 0 Å². The molecule has 118 valence electrons. The highest BCUT2D eigenvalue weighted by molar-refractivity contribution is 6.29. The van der Waals surface area contributed by atoms with Crippen molar-refractivity contribution in [3.8, 4) is 0 Å². The number of imidazole rings is 1. The van der Waals surface area contributed by atoms with Crippen molar-refractivity contribution in [2.75, 3.05) is 13.2 Å². The fourth-order valence-corrected chi connectivity index (χ4v) is 3.43. The van der Waals surface area contributed by atoms with Crippen LogP contribution >= 0.6 is 11.6 Å². The van der Waals surface area contributed by atoms with Crippen molar-refractivity contribution in [1.82, 2.24) is 14.5 Å². The van der Waals surface area contributed by atoms with Gasteiger partial charge in [-0.3, -0.25) is 4.90 Å². The molecule has 1 heterocycles. The average molecular weight is 320 g/mol. The number of hydrogen-bond donors (Lipinski definition) is 1. The van der Waals surface area contributed by atoms with Gasteiger partial charge in [0.25, 0.3) is 0 Å². The lowest BCUT2D eigenvalue weighted by Gasteiger charge is -2.29. The molecule has 5 heteroatoms. The first kappa shape index (κ1) is 15.5. The number of aliphatic hydroxyl groups is 1. The second kappa shape index (κ2) is 6.82. The van der Waals surface area contributed by atoms with Gasteiger partial charge in [0.15, 0.2) is 0 Å². The maximum absolute atomic E-state index is 9.21. The summed E-state index contributed by atoms with van der Waals surface area (Å²) in [5.74, 6) is 0.965. The van der Waals surface area contributed by atoms with Crippen LogP contribution < -0.4 is 0 Å². The summed E-state index contributed by atoms with van der Waals surface area (Å²) in [6, 6.07) is 9.07. The Hall–Kier alpha value is -1.36. The second-order valence-electron chi connectivity index (χ2n) is 5.86. The number of benzene rings is 1. The molecule has 1 N–H and O–H groups in total. The number of fused-ring (bicyclic) bond motifs is 1. The molecule has 3 rings (SSSR count). The van der Waals surface area contributed by atoms with Crippen LogP contribution in [0.4, 0.5) is 0 Å². The highest BCUT2D eigenvalue weighted by Gasteiger charge is 2.28. The van der Waals surface area contributed by atoms with Gasteiger partial charge in [-0.2, -0.15) is 0 Å². The Balaban J connectivity index is 1.83. The van der Waals surface area contributed by atoms with Gasteiger partial charge in [-0.05, 0) is 30.4 Å². The van der Waals surface area contributed by atoms with Gasteiger partial charge in [0.1, 0.15) is 11.0 Å². The van der Waals surface area contributed by atoms with E-state index in [4.69, 9.17) is 11.6 Å². The van der Waals surface area contributed by atoms with Gasteiger partial charge in [-0.15, -0.1) is 0 Å². The molecule has 1 unspecified atom stereocenters. The molecule has 2 aromatic rings. The van der Waals surface area contributed by atoms with Crippen LogP contribution in [-0.4, -0.2) is 32.7 Å². The van der Waals surface area contributed by atoms with E-state index in [9.17, 15) is 5.11 Å². The minimum absolute atomic E-state index is 0.214. The molecule has 0 radical (unpaired) electrons. The molecule has 4 nitrogen and oxygen atoms in total. The highest BCUT2D eigenvalue weighted by atomic mass is 35.5. The molecule has 0 saturated heterocycles. The third-order valence-electron chi connectivity index (χ3n) is 4.52. The van der Waals surface area contributed by atoms with Crippen LogP contribution in [0.3, 0.4) is 0 Å². The van der Waals surface area contributed by atoms with E-state index < -0.39 is 0 Å². The molecule has 1 aliphatic carbocycles. The Morgan fingerprint density at radius 3 is 2.95 bits per heavy atom. The van der Waals surface area contributed by atoms with Crippen LogP contribution in [0.25, 0.3) is 0 Å². The van der Waals surface area contributed by atoms with Crippen molar-refractivity contribution >= 4 is 11.6 Å². The Kier molecular flexibility index (Phi) is 4.81. The molecular formula is C17H22ClN3O. The van der Waals surface area contributed by atoms with Crippen molar-refractivity contribution < 1.29 is 5.11 Å². The van der Waals surface area contributed by atoms with Crippen LogP contribution in [0.2, 0.25) is 5.15 Å². The standard InChI is InChI=1S/C17H22ClN3O/c1-20-16(18)11-19-17(20)12-21(9-4-10-22)15-8-7-13-5-2-3-6-14(13)15/h2-3,5-6,11,15,22H,4,7-10,12H2,1H3. The molecule has 0 saturated carbocycles. The van der Waals surface area contributed by atoms with E-state index >= 15 is 0 Å². The third kappa shape index (κ3) is 3.05. The van der Waals surface area contributed by atoms with Gasteiger partial charge in [-0.1, -0.05) is 35.9 Å². The van der Waals surface area contributed by atoms with Gasteiger partial charge in [0, 0.05) is 26.2 Å². The van der Waals surface area contributed by atoms with Crippen LogP contribution in [0.15, 0.2) is 30.5 Å². The van der Waals surface area contributed by atoms with E-state index in [1.807, 2.05) is 11.6 Å². The molecule has 0 aliphatic heterocycles. The maximum Gasteiger partial charge on any atom is 0.128 e. The van der Waals surface area contributed by atoms with E-state index in [0.717, 1.165) is 38.2 Å². The first-order chi connectivity index (χ1) is 10.7. The number of halogens is 1. The highest BCUT2D eigenvalue weighted by Crippen LogP contribution is 2.36. The Labute approximate surface area is 136 Å². The second-order valence-corrected chi connectivity index (χ2v) is 6.24. The minimum atomic E-state index is 0.214. The summed E-state index contributed by atoms with van der Waals surface area (Å²) in [6.07, 6.45) is 4.72. The van der Waals surface area contributed by atoms with Crippen LogP contribution in [0.5, 0.6) is 0 Å². The molecule has 1 aromatic heterocycles. The van der Waals surface area contributed by atoms with Gasteiger partial charge < -0.3 is 9.67 Å². The van der Waals surface area contributed by atoms with Crippen LogP contribution in [-0.2, 0) is 20.0 Å². The number of aryl methyl sites for hydroxylation is 1. The minimum Gasteiger partial charge on any atom is -0.396 e. The predicted molar refractivity (Wildman–Crippen MR) is 87.8 cm³/mol. The molecule has 0 fully saturated rings. The van der Waals surface area contributed by atoms with Crippen molar-refractivity contribution in [2.24, 2.45) is 7.05 Å². The van der Waals surface area contributed by atoms with E-state index in [1.165, 1.54) is 11.1 Å². The zero-order chi connectivity index (χ0) is 15.5. The molecule has 0 spiro atoms. The topological polar surface area (TPSA) is 41.3 Å². The Morgan fingerprint density at radius 2 is 2.23 bits per heavy atom. The summed E-state index contributed by atoms with van der Waals surface area (Å²) in [6.45, 7) is 1.83. The maximum atomic E-state index is 9.21. The zero-order valence-electron chi connectivity index (χ0n) is 12.9. The number of aromatic nitrogens is 2. The molecule has 1 atom stereocenters.